The lowest BCUT2D eigenvalue weighted by Gasteiger charge is -2.11. The van der Waals surface area contributed by atoms with Crippen LogP contribution in [0.15, 0.2) is 12.1 Å². The number of unbranched alkanes of at least 4 members (excludes halogenated alkanes) is 8. The molecule has 23 heavy (non-hydrogen) atoms. The maximum atomic E-state index is 12.4. The molecule has 0 aliphatic heterocycles. The highest BCUT2D eigenvalue weighted by molar-refractivity contribution is 6.00. The van der Waals surface area contributed by atoms with Crippen LogP contribution < -0.4 is 0 Å². The molecule has 130 valence electrons. The summed E-state index contributed by atoms with van der Waals surface area (Å²) in [5.41, 5.74) is 2.54. The number of rotatable bonds is 12. The van der Waals surface area contributed by atoms with Crippen molar-refractivity contribution in [2.24, 2.45) is 0 Å². The summed E-state index contributed by atoms with van der Waals surface area (Å²) in [4.78, 5) is 12.4. The van der Waals surface area contributed by atoms with E-state index in [1.165, 1.54) is 44.9 Å². The van der Waals surface area contributed by atoms with E-state index in [0.29, 0.717) is 12.0 Å². The van der Waals surface area contributed by atoms with Crippen LogP contribution in [0.1, 0.15) is 99.5 Å². The minimum absolute atomic E-state index is 0.0993. The molecule has 0 atom stereocenters. The van der Waals surface area contributed by atoms with Gasteiger partial charge in [-0.05, 0) is 37.0 Å². The molecule has 0 bridgehead atoms. The summed E-state index contributed by atoms with van der Waals surface area (Å²) >= 11 is 0. The van der Waals surface area contributed by atoms with Crippen molar-refractivity contribution in [1.82, 2.24) is 0 Å². The normalized spacial score (nSPS) is 10.9. The van der Waals surface area contributed by atoms with Crippen LogP contribution in [0.25, 0.3) is 0 Å². The van der Waals surface area contributed by atoms with Crippen molar-refractivity contribution in [2.45, 2.75) is 91.4 Å². The van der Waals surface area contributed by atoms with Crippen molar-refractivity contribution in [3.05, 3.63) is 28.8 Å². The molecule has 0 amide bonds. The minimum Gasteiger partial charge on any atom is -0.507 e. The van der Waals surface area contributed by atoms with E-state index in [2.05, 4.69) is 6.92 Å². The van der Waals surface area contributed by atoms with E-state index in [-0.39, 0.29) is 11.5 Å². The maximum Gasteiger partial charge on any atom is 0.166 e. The molecular formula is C21H34O2. The molecule has 2 heteroatoms. The number of Topliss-reactive ketones (excluding diaryl/α,β-unsaturated/α-hetero) is 1. The lowest BCUT2D eigenvalue weighted by Crippen LogP contribution is -2.04. The van der Waals surface area contributed by atoms with Gasteiger partial charge in [0.2, 0.25) is 0 Å². The Labute approximate surface area is 142 Å². The van der Waals surface area contributed by atoms with Crippen LogP contribution in [-0.4, -0.2) is 10.9 Å². The van der Waals surface area contributed by atoms with Crippen LogP contribution >= 0.6 is 0 Å². The van der Waals surface area contributed by atoms with E-state index >= 15 is 0 Å². The number of carbonyl (C=O) groups is 1. The molecule has 0 radical (unpaired) electrons. The number of phenols is 1. The van der Waals surface area contributed by atoms with E-state index < -0.39 is 0 Å². The number of ketones is 1. The predicted octanol–water partition coefficient (Wildman–Crippen LogP) is 6.37. The monoisotopic (exact) mass is 318 g/mol. The van der Waals surface area contributed by atoms with Gasteiger partial charge in [-0.1, -0.05) is 71.3 Å². The number of phenolic OH excluding ortho intramolecular Hbond substituents is 1. The van der Waals surface area contributed by atoms with Gasteiger partial charge in [0.1, 0.15) is 5.75 Å². The summed E-state index contributed by atoms with van der Waals surface area (Å²) in [6, 6.07) is 3.71. The molecule has 1 rings (SSSR count). The van der Waals surface area contributed by atoms with Crippen molar-refractivity contribution in [2.75, 3.05) is 0 Å². The molecule has 1 aromatic rings. The fourth-order valence-corrected chi connectivity index (χ4v) is 3.16. The fraction of sp³-hybridized carbons (Fsp3) is 0.667. The fourth-order valence-electron chi connectivity index (χ4n) is 3.16. The number of aromatic hydroxyl groups is 1. The van der Waals surface area contributed by atoms with Gasteiger partial charge < -0.3 is 5.11 Å². The van der Waals surface area contributed by atoms with Crippen molar-refractivity contribution >= 4 is 5.78 Å². The van der Waals surface area contributed by atoms with Gasteiger partial charge in [-0.25, -0.2) is 0 Å². The summed E-state index contributed by atoms with van der Waals surface area (Å²) in [5.74, 6) is 0.255. The Balaban J connectivity index is 2.30. The van der Waals surface area contributed by atoms with Gasteiger partial charge >= 0.3 is 0 Å². The molecule has 0 aliphatic carbocycles. The van der Waals surface area contributed by atoms with Gasteiger partial charge in [0.05, 0.1) is 5.56 Å². The average Bonchev–Trinajstić information content (AvgIpc) is 2.52. The second kappa shape index (κ2) is 11.3. The first-order chi connectivity index (χ1) is 11.1. The highest BCUT2D eigenvalue weighted by atomic mass is 16.3. The smallest absolute Gasteiger partial charge is 0.166 e. The van der Waals surface area contributed by atoms with Gasteiger partial charge in [-0.2, -0.15) is 0 Å². The first-order valence-corrected chi connectivity index (χ1v) is 9.45. The number of hydrogen-bond acceptors (Lipinski definition) is 2. The highest BCUT2D eigenvalue weighted by Crippen LogP contribution is 2.26. The number of aryl methyl sites for hydroxylation is 2. The molecule has 0 heterocycles. The van der Waals surface area contributed by atoms with E-state index in [4.69, 9.17) is 0 Å². The van der Waals surface area contributed by atoms with E-state index in [9.17, 15) is 9.90 Å². The molecule has 1 aromatic carbocycles. The Hall–Kier alpha value is -1.31. The van der Waals surface area contributed by atoms with Gasteiger partial charge in [0.15, 0.2) is 5.78 Å². The average molecular weight is 319 g/mol. The lowest BCUT2D eigenvalue weighted by atomic mass is 9.95. The molecule has 0 unspecified atom stereocenters. The summed E-state index contributed by atoms with van der Waals surface area (Å²) < 4.78 is 0. The topological polar surface area (TPSA) is 37.3 Å². The Kier molecular flexibility index (Phi) is 9.66. The van der Waals surface area contributed by atoms with Crippen LogP contribution in [0.2, 0.25) is 0 Å². The molecule has 2 nitrogen and oxygen atoms in total. The molecule has 0 fully saturated rings. The zero-order valence-corrected chi connectivity index (χ0v) is 15.3. The third kappa shape index (κ3) is 7.20. The quantitative estimate of drug-likeness (QED) is 0.359. The van der Waals surface area contributed by atoms with Crippen LogP contribution in [0.5, 0.6) is 5.75 Å². The summed E-state index contributed by atoms with van der Waals surface area (Å²) in [7, 11) is 0. The van der Waals surface area contributed by atoms with Gasteiger partial charge in [-0.15, -0.1) is 0 Å². The maximum absolute atomic E-state index is 12.4. The second-order valence-electron chi connectivity index (χ2n) is 6.67. The van der Waals surface area contributed by atoms with Crippen LogP contribution in [-0.2, 0) is 6.42 Å². The first-order valence-electron chi connectivity index (χ1n) is 9.45. The number of carbonyl (C=O) groups excluding carboxylic acids is 1. The van der Waals surface area contributed by atoms with Gasteiger partial charge in [0, 0.05) is 6.42 Å². The van der Waals surface area contributed by atoms with Crippen LogP contribution in [0.3, 0.4) is 0 Å². The van der Waals surface area contributed by atoms with E-state index in [0.717, 1.165) is 30.4 Å². The van der Waals surface area contributed by atoms with Crippen LogP contribution in [0.4, 0.5) is 0 Å². The Bertz CT molecular complexity index is 477. The molecule has 0 saturated carbocycles. The summed E-state index contributed by atoms with van der Waals surface area (Å²) in [5, 5.41) is 10.1. The molecule has 0 saturated heterocycles. The predicted molar refractivity (Wildman–Crippen MR) is 98.4 cm³/mol. The van der Waals surface area contributed by atoms with Gasteiger partial charge in [-0.3, -0.25) is 4.79 Å². The van der Waals surface area contributed by atoms with Crippen molar-refractivity contribution in [3.8, 4) is 5.75 Å². The molecule has 1 N–H and O–H groups in total. The Morgan fingerprint density at radius 2 is 1.48 bits per heavy atom. The second-order valence-corrected chi connectivity index (χ2v) is 6.67. The zero-order chi connectivity index (χ0) is 17.1. The van der Waals surface area contributed by atoms with Crippen LogP contribution in [0, 0.1) is 6.92 Å². The standard InChI is InChI=1S/C21H34O2/c1-4-6-7-8-9-10-11-12-13-14-19(22)21-18(5-2)15-17(3)16-20(21)23/h15-16,23H,4-14H2,1-3H3. The molecule has 0 spiro atoms. The zero-order valence-electron chi connectivity index (χ0n) is 15.3. The summed E-state index contributed by atoms with van der Waals surface area (Å²) in [6.07, 6.45) is 12.6. The minimum atomic E-state index is 0.0993. The highest BCUT2D eigenvalue weighted by Gasteiger charge is 2.15. The lowest BCUT2D eigenvalue weighted by molar-refractivity contribution is 0.0975. The van der Waals surface area contributed by atoms with Crippen molar-refractivity contribution in [3.63, 3.8) is 0 Å². The van der Waals surface area contributed by atoms with E-state index in [1.807, 2.05) is 19.9 Å². The molecule has 0 aliphatic rings. The van der Waals surface area contributed by atoms with Gasteiger partial charge in [0.25, 0.3) is 0 Å². The van der Waals surface area contributed by atoms with Crippen molar-refractivity contribution < 1.29 is 9.90 Å². The third-order valence-electron chi connectivity index (χ3n) is 4.51. The number of benzene rings is 1. The summed E-state index contributed by atoms with van der Waals surface area (Å²) in [6.45, 7) is 6.23. The number of hydrogen-bond donors (Lipinski definition) is 1. The Morgan fingerprint density at radius 1 is 0.913 bits per heavy atom. The van der Waals surface area contributed by atoms with Crippen molar-refractivity contribution in [1.29, 1.82) is 0 Å². The largest absolute Gasteiger partial charge is 0.507 e. The Morgan fingerprint density at radius 3 is 2.04 bits per heavy atom. The third-order valence-corrected chi connectivity index (χ3v) is 4.51. The SMILES string of the molecule is CCCCCCCCCCCC(=O)c1c(O)cc(C)cc1CC. The molecular weight excluding hydrogens is 284 g/mol. The molecule has 0 aromatic heterocycles. The first kappa shape index (κ1) is 19.7. The van der Waals surface area contributed by atoms with E-state index in [1.54, 1.807) is 6.07 Å².